The van der Waals surface area contributed by atoms with Crippen LogP contribution in [0, 0.1) is 5.92 Å². The highest BCUT2D eigenvalue weighted by molar-refractivity contribution is 5.71. The van der Waals surface area contributed by atoms with E-state index < -0.39 is 11.9 Å². The smallest absolute Gasteiger partial charge is 0.307 e. The maximum atomic E-state index is 10.8. The standard InChI is InChI=1S/C12H14O2/c1-3-11(9(2)12(13)14)10-7-5-4-6-8-10/h3-9,11H,1H2,2H3,(H,13,14). The summed E-state index contributed by atoms with van der Waals surface area (Å²) >= 11 is 0. The molecule has 2 heteroatoms. The maximum absolute atomic E-state index is 10.8. The Balaban J connectivity index is 2.93. The first-order valence-corrected chi connectivity index (χ1v) is 4.57. The predicted octanol–water partition coefficient (Wildman–Crippen LogP) is 2.68. The van der Waals surface area contributed by atoms with Crippen molar-refractivity contribution >= 4 is 5.97 Å². The Labute approximate surface area is 83.9 Å². The van der Waals surface area contributed by atoms with E-state index in [2.05, 4.69) is 6.58 Å². The van der Waals surface area contributed by atoms with E-state index in [9.17, 15) is 4.79 Å². The topological polar surface area (TPSA) is 37.3 Å². The highest BCUT2D eigenvalue weighted by Gasteiger charge is 2.21. The fraction of sp³-hybridized carbons (Fsp3) is 0.250. The Morgan fingerprint density at radius 3 is 2.43 bits per heavy atom. The van der Waals surface area contributed by atoms with Gasteiger partial charge in [-0.15, -0.1) is 6.58 Å². The van der Waals surface area contributed by atoms with Gasteiger partial charge in [0.15, 0.2) is 0 Å². The van der Waals surface area contributed by atoms with Gasteiger partial charge in [0.2, 0.25) is 0 Å². The lowest BCUT2D eigenvalue weighted by molar-refractivity contribution is -0.141. The summed E-state index contributed by atoms with van der Waals surface area (Å²) in [6.07, 6.45) is 1.69. The molecular weight excluding hydrogens is 176 g/mol. The number of aliphatic carboxylic acids is 1. The lowest BCUT2D eigenvalue weighted by Crippen LogP contribution is -2.17. The summed E-state index contributed by atoms with van der Waals surface area (Å²) in [7, 11) is 0. The van der Waals surface area contributed by atoms with Gasteiger partial charge >= 0.3 is 5.97 Å². The minimum absolute atomic E-state index is 0.117. The second kappa shape index (κ2) is 4.61. The Kier molecular flexibility index (Phi) is 3.46. The molecule has 2 unspecified atom stereocenters. The second-order valence-corrected chi connectivity index (χ2v) is 3.30. The van der Waals surface area contributed by atoms with Crippen molar-refractivity contribution in [3.05, 3.63) is 48.6 Å². The largest absolute Gasteiger partial charge is 0.481 e. The van der Waals surface area contributed by atoms with Gasteiger partial charge in [-0.25, -0.2) is 0 Å². The molecule has 1 rings (SSSR count). The average molecular weight is 190 g/mol. The highest BCUT2D eigenvalue weighted by atomic mass is 16.4. The third kappa shape index (κ3) is 2.22. The van der Waals surface area contributed by atoms with E-state index in [0.717, 1.165) is 5.56 Å². The van der Waals surface area contributed by atoms with Crippen LogP contribution < -0.4 is 0 Å². The summed E-state index contributed by atoms with van der Waals surface area (Å²) in [5.74, 6) is -1.35. The molecule has 0 amide bonds. The van der Waals surface area contributed by atoms with Gasteiger partial charge in [0.1, 0.15) is 0 Å². The number of rotatable bonds is 4. The van der Waals surface area contributed by atoms with E-state index in [0.29, 0.717) is 0 Å². The molecule has 0 aromatic heterocycles. The number of carboxylic acids is 1. The summed E-state index contributed by atoms with van der Waals surface area (Å²) in [6.45, 7) is 5.37. The van der Waals surface area contributed by atoms with Gasteiger partial charge in [-0.1, -0.05) is 43.3 Å². The second-order valence-electron chi connectivity index (χ2n) is 3.30. The van der Waals surface area contributed by atoms with Crippen molar-refractivity contribution in [3.8, 4) is 0 Å². The van der Waals surface area contributed by atoms with Gasteiger partial charge in [-0.3, -0.25) is 4.79 Å². The van der Waals surface area contributed by atoms with Gasteiger partial charge in [-0.05, 0) is 5.56 Å². The SMILES string of the molecule is C=CC(c1ccccc1)C(C)C(=O)O. The van der Waals surface area contributed by atoms with Crippen LogP contribution in [0.5, 0.6) is 0 Å². The molecule has 0 saturated heterocycles. The normalized spacial score (nSPS) is 14.4. The van der Waals surface area contributed by atoms with Gasteiger partial charge in [-0.2, -0.15) is 0 Å². The molecule has 0 bridgehead atoms. The molecule has 14 heavy (non-hydrogen) atoms. The van der Waals surface area contributed by atoms with Crippen molar-refractivity contribution in [1.82, 2.24) is 0 Å². The van der Waals surface area contributed by atoms with Crippen LogP contribution in [0.3, 0.4) is 0 Å². The quantitative estimate of drug-likeness (QED) is 0.741. The van der Waals surface area contributed by atoms with Crippen LogP contribution in [0.1, 0.15) is 18.4 Å². The zero-order valence-corrected chi connectivity index (χ0v) is 8.18. The Bertz CT molecular complexity index is 316. The minimum Gasteiger partial charge on any atom is -0.481 e. The van der Waals surface area contributed by atoms with E-state index in [1.54, 1.807) is 13.0 Å². The van der Waals surface area contributed by atoms with E-state index in [1.165, 1.54) is 0 Å². The molecule has 1 N–H and O–H groups in total. The fourth-order valence-electron chi connectivity index (χ4n) is 1.46. The van der Waals surface area contributed by atoms with Crippen LogP contribution >= 0.6 is 0 Å². The van der Waals surface area contributed by atoms with E-state index in [-0.39, 0.29) is 5.92 Å². The molecule has 0 aliphatic rings. The highest BCUT2D eigenvalue weighted by Crippen LogP contribution is 2.25. The molecule has 0 aliphatic carbocycles. The number of hydrogen-bond donors (Lipinski definition) is 1. The van der Waals surface area contributed by atoms with E-state index in [1.807, 2.05) is 30.3 Å². The zero-order valence-electron chi connectivity index (χ0n) is 8.18. The lowest BCUT2D eigenvalue weighted by Gasteiger charge is -2.16. The molecule has 0 spiro atoms. The predicted molar refractivity (Wildman–Crippen MR) is 56.2 cm³/mol. The molecule has 1 aromatic carbocycles. The van der Waals surface area contributed by atoms with Crippen molar-refractivity contribution in [3.63, 3.8) is 0 Å². The molecular formula is C12H14O2. The molecule has 2 atom stereocenters. The summed E-state index contributed by atoms with van der Waals surface area (Å²) in [4.78, 5) is 10.8. The first-order chi connectivity index (χ1) is 6.66. The van der Waals surface area contributed by atoms with Crippen LogP contribution in [0.15, 0.2) is 43.0 Å². The lowest BCUT2D eigenvalue weighted by atomic mass is 9.87. The summed E-state index contributed by atoms with van der Waals surface area (Å²) < 4.78 is 0. The van der Waals surface area contributed by atoms with E-state index >= 15 is 0 Å². The monoisotopic (exact) mass is 190 g/mol. The Morgan fingerprint density at radius 1 is 1.43 bits per heavy atom. The molecule has 1 aromatic rings. The number of benzene rings is 1. The van der Waals surface area contributed by atoms with Crippen LogP contribution in [0.25, 0.3) is 0 Å². The van der Waals surface area contributed by atoms with Crippen molar-refractivity contribution in [1.29, 1.82) is 0 Å². The summed E-state index contributed by atoms with van der Waals surface area (Å²) in [5.41, 5.74) is 0.998. The molecule has 2 nitrogen and oxygen atoms in total. The van der Waals surface area contributed by atoms with Crippen molar-refractivity contribution in [2.45, 2.75) is 12.8 Å². The molecule has 74 valence electrons. The number of allylic oxidation sites excluding steroid dienone is 1. The van der Waals surface area contributed by atoms with Crippen molar-refractivity contribution in [2.24, 2.45) is 5.92 Å². The fourth-order valence-corrected chi connectivity index (χ4v) is 1.46. The maximum Gasteiger partial charge on any atom is 0.307 e. The van der Waals surface area contributed by atoms with Crippen LogP contribution in [0.4, 0.5) is 0 Å². The van der Waals surface area contributed by atoms with Crippen LogP contribution in [0.2, 0.25) is 0 Å². The van der Waals surface area contributed by atoms with Crippen LogP contribution in [-0.2, 0) is 4.79 Å². The van der Waals surface area contributed by atoms with Crippen molar-refractivity contribution in [2.75, 3.05) is 0 Å². The molecule has 0 heterocycles. The number of carboxylic acid groups (broad SMARTS) is 1. The summed E-state index contributed by atoms with van der Waals surface area (Å²) in [5, 5.41) is 8.90. The third-order valence-corrected chi connectivity index (χ3v) is 2.37. The molecule has 0 radical (unpaired) electrons. The van der Waals surface area contributed by atoms with Gasteiger partial charge < -0.3 is 5.11 Å². The Hall–Kier alpha value is -1.57. The minimum atomic E-state index is -0.793. The van der Waals surface area contributed by atoms with Crippen LogP contribution in [-0.4, -0.2) is 11.1 Å². The average Bonchev–Trinajstić information content (AvgIpc) is 2.20. The summed E-state index contributed by atoms with van der Waals surface area (Å²) in [6, 6.07) is 9.56. The van der Waals surface area contributed by atoms with Gasteiger partial charge in [0, 0.05) is 5.92 Å². The molecule has 0 saturated carbocycles. The first-order valence-electron chi connectivity index (χ1n) is 4.57. The van der Waals surface area contributed by atoms with Crippen molar-refractivity contribution < 1.29 is 9.90 Å². The Morgan fingerprint density at radius 2 is 2.00 bits per heavy atom. The number of carbonyl (C=O) groups is 1. The third-order valence-electron chi connectivity index (χ3n) is 2.37. The van der Waals surface area contributed by atoms with Gasteiger partial charge in [0.05, 0.1) is 5.92 Å². The van der Waals surface area contributed by atoms with E-state index in [4.69, 9.17) is 5.11 Å². The van der Waals surface area contributed by atoms with Gasteiger partial charge in [0.25, 0.3) is 0 Å². The zero-order chi connectivity index (χ0) is 10.6. The first kappa shape index (κ1) is 10.5. The molecule has 0 fully saturated rings. The molecule has 0 aliphatic heterocycles. The number of hydrogen-bond acceptors (Lipinski definition) is 1.